The van der Waals surface area contributed by atoms with Crippen molar-refractivity contribution in [2.45, 2.75) is 37.5 Å². The summed E-state index contributed by atoms with van der Waals surface area (Å²) in [5.74, 6) is -0.289. The molecule has 124 valence electrons. The Bertz CT molecular complexity index is 615. The number of sulfonamides is 1. The summed E-state index contributed by atoms with van der Waals surface area (Å²) >= 11 is 5.95. The third-order valence-electron chi connectivity index (χ3n) is 3.27. The largest absolute Gasteiger partial charge is 0.352 e. The Morgan fingerprint density at radius 3 is 2.50 bits per heavy atom. The van der Waals surface area contributed by atoms with E-state index in [1.807, 2.05) is 0 Å². The first-order valence-electron chi connectivity index (χ1n) is 7.31. The molecule has 1 aromatic rings. The fourth-order valence-electron chi connectivity index (χ4n) is 1.89. The summed E-state index contributed by atoms with van der Waals surface area (Å²) in [7, 11) is -0.829. The molecule has 0 aromatic heterocycles. The molecule has 1 rings (SSSR count). The Morgan fingerprint density at radius 1 is 1.23 bits per heavy atom. The van der Waals surface area contributed by atoms with Crippen LogP contribution in [0.4, 0.5) is 0 Å². The molecule has 0 spiro atoms. The molecular formula is C15H23ClN2O3S. The lowest BCUT2D eigenvalue weighted by atomic mass is 10.2. The fourth-order valence-corrected chi connectivity index (χ4v) is 3.29. The van der Waals surface area contributed by atoms with Gasteiger partial charge in [-0.2, -0.15) is 0 Å². The second-order valence-corrected chi connectivity index (χ2v) is 7.78. The van der Waals surface area contributed by atoms with Crippen molar-refractivity contribution in [3.63, 3.8) is 0 Å². The van der Waals surface area contributed by atoms with Crippen molar-refractivity contribution in [2.75, 3.05) is 20.6 Å². The molecule has 0 aliphatic heterocycles. The van der Waals surface area contributed by atoms with Crippen LogP contribution in [-0.2, 0) is 10.0 Å². The minimum absolute atomic E-state index is 0.0576. The van der Waals surface area contributed by atoms with Crippen LogP contribution in [0.3, 0.4) is 0 Å². The molecule has 0 radical (unpaired) electrons. The van der Waals surface area contributed by atoms with Crippen molar-refractivity contribution in [1.82, 2.24) is 9.62 Å². The van der Waals surface area contributed by atoms with E-state index < -0.39 is 10.0 Å². The van der Waals surface area contributed by atoms with Crippen molar-refractivity contribution in [2.24, 2.45) is 0 Å². The van der Waals surface area contributed by atoms with Crippen LogP contribution >= 0.6 is 11.6 Å². The van der Waals surface area contributed by atoms with E-state index in [0.717, 1.165) is 30.0 Å². The molecule has 0 unspecified atom stereocenters. The first-order chi connectivity index (χ1) is 10.3. The van der Waals surface area contributed by atoms with E-state index in [-0.39, 0.29) is 15.8 Å². The SMILES string of the molecule is CCCCCCNC(=O)c1ccc(Cl)c(S(=O)(=O)N(C)C)c1. The number of benzene rings is 1. The van der Waals surface area contributed by atoms with Gasteiger partial charge in [0.15, 0.2) is 0 Å². The van der Waals surface area contributed by atoms with Gasteiger partial charge in [0, 0.05) is 26.2 Å². The van der Waals surface area contributed by atoms with E-state index in [4.69, 9.17) is 11.6 Å². The highest BCUT2D eigenvalue weighted by Crippen LogP contribution is 2.24. The number of unbranched alkanes of at least 4 members (excludes halogenated alkanes) is 3. The maximum absolute atomic E-state index is 12.2. The molecule has 1 amide bonds. The van der Waals surface area contributed by atoms with Crippen LogP contribution in [-0.4, -0.2) is 39.3 Å². The number of carbonyl (C=O) groups is 1. The summed E-state index contributed by atoms with van der Waals surface area (Å²) in [6.07, 6.45) is 4.26. The molecule has 0 heterocycles. The molecular weight excluding hydrogens is 324 g/mol. The van der Waals surface area contributed by atoms with Gasteiger partial charge in [-0.15, -0.1) is 0 Å². The first kappa shape index (κ1) is 18.9. The van der Waals surface area contributed by atoms with Gasteiger partial charge in [-0.05, 0) is 24.6 Å². The van der Waals surface area contributed by atoms with E-state index in [2.05, 4.69) is 12.2 Å². The lowest BCUT2D eigenvalue weighted by Crippen LogP contribution is -2.26. The van der Waals surface area contributed by atoms with Gasteiger partial charge in [-0.1, -0.05) is 37.8 Å². The Kier molecular flexibility index (Phi) is 7.32. The van der Waals surface area contributed by atoms with Gasteiger partial charge in [0.05, 0.1) is 5.02 Å². The van der Waals surface area contributed by atoms with Gasteiger partial charge in [0.1, 0.15) is 4.90 Å². The highest BCUT2D eigenvalue weighted by molar-refractivity contribution is 7.89. The lowest BCUT2D eigenvalue weighted by Gasteiger charge is -2.14. The Labute approximate surface area is 137 Å². The van der Waals surface area contributed by atoms with Crippen molar-refractivity contribution in [1.29, 1.82) is 0 Å². The molecule has 0 fully saturated rings. The van der Waals surface area contributed by atoms with Crippen LogP contribution in [0, 0.1) is 0 Å². The number of hydrogen-bond acceptors (Lipinski definition) is 3. The molecule has 0 aliphatic carbocycles. The summed E-state index contributed by atoms with van der Waals surface area (Å²) in [6.45, 7) is 2.70. The molecule has 0 saturated heterocycles. The Balaban J connectivity index is 2.83. The predicted molar refractivity (Wildman–Crippen MR) is 88.8 cm³/mol. The van der Waals surface area contributed by atoms with Crippen molar-refractivity contribution in [3.05, 3.63) is 28.8 Å². The van der Waals surface area contributed by atoms with Gasteiger partial charge >= 0.3 is 0 Å². The van der Waals surface area contributed by atoms with Gasteiger partial charge in [-0.25, -0.2) is 12.7 Å². The molecule has 0 atom stereocenters. The molecule has 1 aromatic carbocycles. The summed E-state index contributed by atoms with van der Waals surface area (Å²) in [6, 6.07) is 4.28. The van der Waals surface area contributed by atoms with E-state index in [0.29, 0.717) is 12.1 Å². The van der Waals surface area contributed by atoms with Crippen LogP contribution in [0.25, 0.3) is 0 Å². The average Bonchev–Trinajstić information content (AvgIpc) is 2.46. The summed E-state index contributed by atoms with van der Waals surface area (Å²) in [4.78, 5) is 12.0. The zero-order chi connectivity index (χ0) is 16.8. The number of nitrogens with zero attached hydrogens (tertiary/aromatic N) is 1. The second-order valence-electron chi connectivity index (χ2n) is 5.25. The normalized spacial score (nSPS) is 11.7. The third kappa shape index (κ3) is 4.97. The van der Waals surface area contributed by atoms with Crippen LogP contribution in [0.15, 0.2) is 23.1 Å². The molecule has 5 nitrogen and oxygen atoms in total. The van der Waals surface area contributed by atoms with Crippen LogP contribution in [0.5, 0.6) is 0 Å². The Morgan fingerprint density at radius 2 is 1.91 bits per heavy atom. The zero-order valence-corrected chi connectivity index (χ0v) is 14.8. The minimum Gasteiger partial charge on any atom is -0.352 e. The predicted octanol–water partition coefficient (Wildman–Crippen LogP) is 2.90. The quantitative estimate of drug-likeness (QED) is 0.736. The van der Waals surface area contributed by atoms with E-state index in [1.165, 1.54) is 32.3 Å². The van der Waals surface area contributed by atoms with Gasteiger partial charge < -0.3 is 5.32 Å². The molecule has 1 N–H and O–H groups in total. The van der Waals surface area contributed by atoms with E-state index >= 15 is 0 Å². The van der Waals surface area contributed by atoms with Crippen LogP contribution < -0.4 is 5.32 Å². The lowest BCUT2D eigenvalue weighted by molar-refractivity contribution is 0.0952. The van der Waals surface area contributed by atoms with Crippen LogP contribution in [0.1, 0.15) is 43.0 Å². The van der Waals surface area contributed by atoms with Gasteiger partial charge in [-0.3, -0.25) is 4.79 Å². The van der Waals surface area contributed by atoms with Crippen molar-refractivity contribution in [3.8, 4) is 0 Å². The number of rotatable bonds is 8. The average molecular weight is 347 g/mol. The van der Waals surface area contributed by atoms with Gasteiger partial charge in [0.25, 0.3) is 5.91 Å². The topological polar surface area (TPSA) is 66.5 Å². The summed E-state index contributed by atoms with van der Waals surface area (Å²) in [5.41, 5.74) is 0.292. The fraction of sp³-hybridized carbons (Fsp3) is 0.533. The zero-order valence-electron chi connectivity index (χ0n) is 13.2. The summed E-state index contributed by atoms with van der Waals surface area (Å²) in [5, 5.41) is 2.90. The monoisotopic (exact) mass is 346 g/mol. The third-order valence-corrected chi connectivity index (χ3v) is 5.56. The standard InChI is InChI=1S/C15H23ClN2O3S/c1-4-5-6-7-10-17-15(19)12-8-9-13(16)14(11-12)22(20,21)18(2)3/h8-9,11H,4-7,10H2,1-3H3,(H,17,19). The molecule has 0 bridgehead atoms. The maximum atomic E-state index is 12.2. The Hall–Kier alpha value is -1.11. The van der Waals surface area contributed by atoms with Crippen molar-refractivity contribution < 1.29 is 13.2 Å². The number of halogens is 1. The maximum Gasteiger partial charge on any atom is 0.251 e. The smallest absolute Gasteiger partial charge is 0.251 e. The number of hydrogen-bond donors (Lipinski definition) is 1. The molecule has 0 aliphatic rings. The minimum atomic E-state index is -3.67. The van der Waals surface area contributed by atoms with Crippen molar-refractivity contribution >= 4 is 27.5 Å². The summed E-state index contributed by atoms with van der Waals surface area (Å²) < 4.78 is 25.4. The molecule has 0 saturated carbocycles. The highest BCUT2D eigenvalue weighted by atomic mass is 35.5. The number of amides is 1. The molecule has 22 heavy (non-hydrogen) atoms. The molecule has 7 heteroatoms. The first-order valence-corrected chi connectivity index (χ1v) is 9.12. The van der Waals surface area contributed by atoms with Crippen LogP contribution in [0.2, 0.25) is 5.02 Å². The second kappa shape index (κ2) is 8.50. The number of nitrogens with one attached hydrogen (secondary N) is 1. The number of carbonyl (C=O) groups excluding carboxylic acids is 1. The highest BCUT2D eigenvalue weighted by Gasteiger charge is 2.22. The van der Waals surface area contributed by atoms with Gasteiger partial charge in [0.2, 0.25) is 10.0 Å². The van der Waals surface area contributed by atoms with E-state index in [9.17, 15) is 13.2 Å². The van der Waals surface area contributed by atoms with E-state index in [1.54, 1.807) is 0 Å².